The van der Waals surface area contributed by atoms with Crippen LogP contribution in [0.4, 0.5) is 0 Å². The first-order valence-corrected chi connectivity index (χ1v) is 7.97. The highest BCUT2D eigenvalue weighted by Crippen LogP contribution is 2.15. The van der Waals surface area contributed by atoms with E-state index in [1.165, 1.54) is 6.42 Å². The van der Waals surface area contributed by atoms with E-state index in [0.29, 0.717) is 12.3 Å². The first-order valence-electron chi connectivity index (χ1n) is 6.49. The van der Waals surface area contributed by atoms with Crippen LogP contribution in [0.15, 0.2) is 29.2 Å². The number of hydrogen-bond acceptors (Lipinski definition) is 4. The van der Waals surface area contributed by atoms with Crippen LogP contribution < -0.4 is 14.8 Å². The molecule has 6 heteroatoms. The molecule has 1 aromatic carbocycles. The largest absolute Gasteiger partial charge is 0.497 e. The lowest BCUT2D eigenvalue weighted by Gasteiger charge is -2.23. The molecule has 19 heavy (non-hydrogen) atoms. The van der Waals surface area contributed by atoms with Crippen LogP contribution in [-0.4, -0.2) is 34.7 Å². The maximum Gasteiger partial charge on any atom is 0.240 e. The Morgan fingerprint density at radius 1 is 1.32 bits per heavy atom. The van der Waals surface area contributed by atoms with Gasteiger partial charge in [-0.2, -0.15) is 0 Å². The Morgan fingerprint density at radius 3 is 2.63 bits per heavy atom. The fraction of sp³-hybridized carbons (Fsp3) is 0.538. The van der Waals surface area contributed by atoms with Crippen molar-refractivity contribution in [2.45, 2.75) is 30.2 Å². The molecule has 0 saturated carbocycles. The molecule has 0 bridgehead atoms. The van der Waals surface area contributed by atoms with Crippen LogP contribution in [0.3, 0.4) is 0 Å². The quantitative estimate of drug-likeness (QED) is 0.850. The van der Waals surface area contributed by atoms with E-state index in [4.69, 9.17) is 4.74 Å². The standard InChI is InChI=1S/C13H20N2O3S/c1-18-12-5-7-13(8-6-12)19(16,17)15-10-11-4-2-3-9-14-11/h5-8,11,14-15H,2-4,9-10H2,1H3. The second kappa shape index (κ2) is 6.36. The van der Waals surface area contributed by atoms with Gasteiger partial charge in [0.2, 0.25) is 10.0 Å². The Balaban J connectivity index is 1.96. The molecule has 2 rings (SSSR count). The number of rotatable bonds is 5. The Labute approximate surface area is 114 Å². The Hall–Kier alpha value is -1.11. The lowest BCUT2D eigenvalue weighted by Crippen LogP contribution is -2.43. The molecule has 0 radical (unpaired) electrons. The van der Waals surface area contributed by atoms with E-state index in [9.17, 15) is 8.42 Å². The van der Waals surface area contributed by atoms with Crippen LogP contribution in [0.25, 0.3) is 0 Å². The predicted octanol–water partition coefficient (Wildman–Crippen LogP) is 1.12. The zero-order valence-corrected chi connectivity index (χ0v) is 11.9. The molecule has 1 aliphatic heterocycles. The summed E-state index contributed by atoms with van der Waals surface area (Å²) in [6, 6.07) is 6.63. The number of sulfonamides is 1. The molecule has 106 valence electrons. The van der Waals surface area contributed by atoms with Crippen LogP contribution in [-0.2, 0) is 10.0 Å². The fourth-order valence-electron chi connectivity index (χ4n) is 2.15. The van der Waals surface area contributed by atoms with E-state index in [0.717, 1.165) is 19.4 Å². The minimum Gasteiger partial charge on any atom is -0.497 e. The third kappa shape index (κ3) is 3.92. The number of methoxy groups -OCH3 is 1. The Bertz CT molecular complexity index is 493. The number of ether oxygens (including phenoxy) is 1. The first kappa shape index (κ1) is 14.3. The summed E-state index contributed by atoms with van der Waals surface area (Å²) < 4.78 is 31.9. The summed E-state index contributed by atoms with van der Waals surface area (Å²) in [6.07, 6.45) is 3.34. The summed E-state index contributed by atoms with van der Waals surface area (Å²) in [6.45, 7) is 1.41. The molecular formula is C13H20N2O3S. The normalized spacial score (nSPS) is 20.2. The van der Waals surface area contributed by atoms with Crippen molar-refractivity contribution in [2.24, 2.45) is 0 Å². The van der Waals surface area contributed by atoms with Crippen LogP contribution >= 0.6 is 0 Å². The molecule has 1 fully saturated rings. The molecule has 0 amide bonds. The van der Waals surface area contributed by atoms with E-state index in [2.05, 4.69) is 10.0 Å². The molecule has 0 aliphatic carbocycles. The molecule has 0 aromatic heterocycles. The molecule has 1 atom stereocenters. The average molecular weight is 284 g/mol. The van der Waals surface area contributed by atoms with Crippen LogP contribution in [0.1, 0.15) is 19.3 Å². The van der Waals surface area contributed by atoms with Gasteiger partial charge in [0.25, 0.3) is 0 Å². The molecule has 1 unspecified atom stereocenters. The van der Waals surface area contributed by atoms with Crippen molar-refractivity contribution in [3.8, 4) is 5.75 Å². The zero-order chi connectivity index (χ0) is 13.7. The fourth-order valence-corrected chi connectivity index (χ4v) is 3.23. The van der Waals surface area contributed by atoms with Gasteiger partial charge in [-0.05, 0) is 43.7 Å². The Morgan fingerprint density at radius 2 is 2.05 bits per heavy atom. The van der Waals surface area contributed by atoms with Crippen LogP contribution in [0, 0.1) is 0 Å². The van der Waals surface area contributed by atoms with Crippen LogP contribution in [0.5, 0.6) is 5.75 Å². The lowest BCUT2D eigenvalue weighted by molar-refractivity contribution is 0.398. The molecule has 1 aromatic rings. The molecule has 0 spiro atoms. The van der Waals surface area contributed by atoms with Crippen molar-refractivity contribution < 1.29 is 13.2 Å². The van der Waals surface area contributed by atoms with E-state index < -0.39 is 10.0 Å². The summed E-state index contributed by atoms with van der Waals surface area (Å²) in [7, 11) is -1.88. The highest BCUT2D eigenvalue weighted by molar-refractivity contribution is 7.89. The maximum atomic E-state index is 12.1. The monoisotopic (exact) mass is 284 g/mol. The molecule has 1 saturated heterocycles. The van der Waals surface area contributed by atoms with Crippen LogP contribution in [0.2, 0.25) is 0 Å². The van der Waals surface area contributed by atoms with E-state index in [1.807, 2.05) is 0 Å². The number of benzene rings is 1. The molecule has 1 aliphatic rings. The smallest absolute Gasteiger partial charge is 0.240 e. The van der Waals surface area contributed by atoms with Gasteiger partial charge in [-0.15, -0.1) is 0 Å². The van der Waals surface area contributed by atoms with Crippen molar-refractivity contribution in [1.82, 2.24) is 10.0 Å². The van der Waals surface area contributed by atoms with Gasteiger partial charge < -0.3 is 10.1 Å². The topological polar surface area (TPSA) is 67.4 Å². The van der Waals surface area contributed by atoms with Gasteiger partial charge in [0.15, 0.2) is 0 Å². The van der Waals surface area contributed by atoms with Gasteiger partial charge in [0, 0.05) is 12.6 Å². The van der Waals surface area contributed by atoms with E-state index in [-0.39, 0.29) is 10.9 Å². The molecule has 5 nitrogen and oxygen atoms in total. The van der Waals surface area contributed by atoms with Gasteiger partial charge in [-0.25, -0.2) is 13.1 Å². The minimum atomic E-state index is -3.43. The van der Waals surface area contributed by atoms with E-state index in [1.54, 1.807) is 31.4 Å². The number of piperidine rings is 1. The summed E-state index contributed by atoms with van der Waals surface area (Å²) in [4.78, 5) is 0.268. The van der Waals surface area contributed by atoms with Gasteiger partial charge in [-0.1, -0.05) is 6.42 Å². The number of nitrogens with one attached hydrogen (secondary N) is 2. The van der Waals surface area contributed by atoms with Crippen molar-refractivity contribution >= 4 is 10.0 Å². The summed E-state index contributed by atoms with van der Waals surface area (Å²) >= 11 is 0. The third-order valence-electron chi connectivity index (χ3n) is 3.30. The number of hydrogen-bond donors (Lipinski definition) is 2. The average Bonchev–Trinajstić information content (AvgIpc) is 2.46. The summed E-state index contributed by atoms with van der Waals surface area (Å²) in [5, 5.41) is 3.31. The summed E-state index contributed by atoms with van der Waals surface area (Å²) in [5.41, 5.74) is 0. The second-order valence-electron chi connectivity index (χ2n) is 4.67. The maximum absolute atomic E-state index is 12.1. The first-order chi connectivity index (χ1) is 9.12. The van der Waals surface area contributed by atoms with Gasteiger partial charge in [0.1, 0.15) is 5.75 Å². The second-order valence-corrected chi connectivity index (χ2v) is 6.44. The predicted molar refractivity (Wildman–Crippen MR) is 73.8 cm³/mol. The SMILES string of the molecule is COc1ccc(S(=O)(=O)NCC2CCCCN2)cc1. The molecule has 1 heterocycles. The van der Waals surface area contributed by atoms with Gasteiger partial charge in [-0.3, -0.25) is 0 Å². The van der Waals surface area contributed by atoms with Crippen molar-refractivity contribution in [1.29, 1.82) is 0 Å². The van der Waals surface area contributed by atoms with Crippen molar-refractivity contribution in [2.75, 3.05) is 20.2 Å². The molecular weight excluding hydrogens is 264 g/mol. The highest BCUT2D eigenvalue weighted by atomic mass is 32.2. The van der Waals surface area contributed by atoms with Gasteiger partial charge in [0.05, 0.1) is 12.0 Å². The lowest BCUT2D eigenvalue weighted by atomic mass is 10.1. The molecule has 2 N–H and O–H groups in total. The third-order valence-corrected chi connectivity index (χ3v) is 4.74. The minimum absolute atomic E-state index is 0.238. The van der Waals surface area contributed by atoms with Crippen molar-refractivity contribution in [3.63, 3.8) is 0 Å². The highest BCUT2D eigenvalue weighted by Gasteiger charge is 2.18. The van der Waals surface area contributed by atoms with Crippen molar-refractivity contribution in [3.05, 3.63) is 24.3 Å². The Kier molecular flexibility index (Phi) is 4.79. The van der Waals surface area contributed by atoms with Gasteiger partial charge >= 0.3 is 0 Å². The summed E-state index contributed by atoms with van der Waals surface area (Å²) in [5.74, 6) is 0.646. The zero-order valence-electron chi connectivity index (χ0n) is 11.1. The van der Waals surface area contributed by atoms with E-state index >= 15 is 0 Å².